The molecule has 0 amide bonds. The SMILES string of the molecule is NCC(Cn1cc(C(F)(F)F)ccc1=O)c1ccccc1. The van der Waals surface area contributed by atoms with Gasteiger partial charge in [-0.1, -0.05) is 30.3 Å². The summed E-state index contributed by atoms with van der Waals surface area (Å²) in [5.41, 5.74) is 5.27. The predicted octanol–water partition coefficient (Wildman–Crippen LogP) is 2.61. The van der Waals surface area contributed by atoms with Crippen molar-refractivity contribution in [2.24, 2.45) is 5.73 Å². The minimum atomic E-state index is -4.47. The molecule has 1 heterocycles. The summed E-state index contributed by atoms with van der Waals surface area (Å²) in [5.74, 6) is -0.215. The summed E-state index contributed by atoms with van der Waals surface area (Å²) < 4.78 is 39.2. The van der Waals surface area contributed by atoms with Gasteiger partial charge in [-0.3, -0.25) is 4.79 Å². The van der Waals surface area contributed by atoms with Gasteiger partial charge < -0.3 is 10.3 Å². The first-order chi connectivity index (χ1) is 9.91. The van der Waals surface area contributed by atoms with Gasteiger partial charge in [0.25, 0.3) is 5.56 Å². The van der Waals surface area contributed by atoms with Crippen LogP contribution in [0.4, 0.5) is 13.2 Å². The van der Waals surface area contributed by atoms with Crippen LogP contribution < -0.4 is 11.3 Å². The van der Waals surface area contributed by atoms with E-state index in [9.17, 15) is 18.0 Å². The van der Waals surface area contributed by atoms with Gasteiger partial charge in [-0.15, -0.1) is 0 Å². The number of pyridine rings is 1. The van der Waals surface area contributed by atoms with Crippen molar-refractivity contribution in [2.45, 2.75) is 18.6 Å². The number of nitrogens with two attached hydrogens (primary N) is 1. The number of hydrogen-bond donors (Lipinski definition) is 1. The van der Waals surface area contributed by atoms with Gasteiger partial charge in [0.1, 0.15) is 0 Å². The van der Waals surface area contributed by atoms with E-state index in [0.717, 1.165) is 28.5 Å². The van der Waals surface area contributed by atoms with Crippen molar-refractivity contribution < 1.29 is 13.2 Å². The van der Waals surface area contributed by atoms with E-state index in [2.05, 4.69) is 0 Å². The fraction of sp³-hybridized carbons (Fsp3) is 0.267. The third-order valence-electron chi connectivity index (χ3n) is 3.28. The van der Waals surface area contributed by atoms with Gasteiger partial charge in [-0.05, 0) is 11.6 Å². The molecule has 1 atom stereocenters. The van der Waals surface area contributed by atoms with Crippen LogP contribution in [0.5, 0.6) is 0 Å². The lowest BCUT2D eigenvalue weighted by Crippen LogP contribution is -2.27. The lowest BCUT2D eigenvalue weighted by atomic mass is 9.99. The topological polar surface area (TPSA) is 48.0 Å². The van der Waals surface area contributed by atoms with E-state index >= 15 is 0 Å². The van der Waals surface area contributed by atoms with E-state index in [1.165, 1.54) is 0 Å². The van der Waals surface area contributed by atoms with Crippen molar-refractivity contribution in [3.05, 3.63) is 70.1 Å². The lowest BCUT2D eigenvalue weighted by Gasteiger charge is -2.18. The largest absolute Gasteiger partial charge is 0.417 e. The van der Waals surface area contributed by atoms with Crippen LogP contribution in [0.1, 0.15) is 17.0 Å². The van der Waals surface area contributed by atoms with Crippen molar-refractivity contribution in [1.82, 2.24) is 4.57 Å². The molecule has 1 aromatic carbocycles. The number of alkyl halides is 3. The average Bonchev–Trinajstić information content (AvgIpc) is 2.46. The highest BCUT2D eigenvalue weighted by atomic mass is 19.4. The van der Waals surface area contributed by atoms with Crippen LogP contribution >= 0.6 is 0 Å². The first-order valence-electron chi connectivity index (χ1n) is 6.44. The number of aromatic nitrogens is 1. The van der Waals surface area contributed by atoms with Gasteiger partial charge in [-0.25, -0.2) is 0 Å². The molecule has 0 fully saturated rings. The standard InChI is InChI=1S/C15H15F3N2O/c16-15(17,18)13-6-7-14(21)20(10-13)9-12(8-19)11-4-2-1-3-5-11/h1-7,10,12H,8-9,19H2. The molecule has 3 nitrogen and oxygen atoms in total. The van der Waals surface area contributed by atoms with Gasteiger partial charge in [-0.2, -0.15) is 13.2 Å². The van der Waals surface area contributed by atoms with Crippen LogP contribution in [0, 0.1) is 0 Å². The van der Waals surface area contributed by atoms with Gasteiger partial charge in [0.2, 0.25) is 0 Å². The summed E-state index contributed by atoms with van der Waals surface area (Å²) in [7, 11) is 0. The van der Waals surface area contributed by atoms with Crippen molar-refractivity contribution in [3.63, 3.8) is 0 Å². The molecule has 0 aliphatic rings. The van der Waals surface area contributed by atoms with E-state index in [1.54, 1.807) is 0 Å². The number of rotatable bonds is 4. The Hall–Kier alpha value is -2.08. The van der Waals surface area contributed by atoms with E-state index in [1.807, 2.05) is 30.3 Å². The quantitative estimate of drug-likeness (QED) is 0.942. The highest BCUT2D eigenvalue weighted by Gasteiger charge is 2.31. The molecular formula is C15H15F3N2O. The molecule has 2 aromatic rings. The van der Waals surface area contributed by atoms with Crippen molar-refractivity contribution >= 4 is 0 Å². The minimum absolute atomic E-state index is 0.114. The van der Waals surface area contributed by atoms with Crippen LogP contribution in [0.25, 0.3) is 0 Å². The Kier molecular flexibility index (Phi) is 4.47. The third-order valence-corrected chi connectivity index (χ3v) is 3.28. The first kappa shape index (κ1) is 15.3. The zero-order chi connectivity index (χ0) is 15.5. The summed E-state index contributed by atoms with van der Waals surface area (Å²) in [5, 5.41) is 0. The molecule has 1 aromatic heterocycles. The maximum absolute atomic E-state index is 12.7. The smallest absolute Gasteiger partial charge is 0.330 e. The Balaban J connectivity index is 2.32. The lowest BCUT2D eigenvalue weighted by molar-refractivity contribution is -0.138. The highest BCUT2D eigenvalue weighted by Crippen LogP contribution is 2.28. The molecule has 0 bridgehead atoms. The molecule has 0 saturated heterocycles. The van der Waals surface area contributed by atoms with Gasteiger partial charge in [0.05, 0.1) is 5.56 Å². The van der Waals surface area contributed by atoms with E-state index in [4.69, 9.17) is 5.73 Å². The van der Waals surface area contributed by atoms with E-state index < -0.39 is 17.3 Å². The second-order valence-electron chi connectivity index (χ2n) is 4.75. The summed E-state index contributed by atoms with van der Waals surface area (Å²) in [6, 6.07) is 10.9. The predicted molar refractivity (Wildman–Crippen MR) is 73.9 cm³/mol. The molecule has 112 valence electrons. The van der Waals surface area contributed by atoms with E-state index in [0.29, 0.717) is 0 Å². The molecule has 0 spiro atoms. The molecule has 2 rings (SSSR count). The van der Waals surface area contributed by atoms with Gasteiger partial charge in [0, 0.05) is 31.3 Å². The number of hydrogen-bond acceptors (Lipinski definition) is 2. The Morgan fingerprint density at radius 2 is 1.76 bits per heavy atom. The molecule has 0 saturated carbocycles. The van der Waals surface area contributed by atoms with Crippen LogP contribution in [-0.2, 0) is 12.7 Å². The molecule has 2 N–H and O–H groups in total. The average molecular weight is 296 g/mol. The molecule has 0 radical (unpaired) electrons. The molecule has 1 unspecified atom stereocenters. The van der Waals surface area contributed by atoms with Crippen LogP contribution in [-0.4, -0.2) is 11.1 Å². The minimum Gasteiger partial charge on any atom is -0.330 e. The summed E-state index contributed by atoms with van der Waals surface area (Å²) in [4.78, 5) is 11.7. The fourth-order valence-electron chi connectivity index (χ4n) is 2.12. The maximum Gasteiger partial charge on any atom is 0.417 e. The normalized spacial score (nSPS) is 13.1. The van der Waals surface area contributed by atoms with Gasteiger partial charge >= 0.3 is 6.18 Å². The Morgan fingerprint density at radius 1 is 1.10 bits per heavy atom. The van der Waals surface area contributed by atoms with E-state index in [-0.39, 0.29) is 19.0 Å². The van der Waals surface area contributed by atoms with Crippen molar-refractivity contribution in [2.75, 3.05) is 6.54 Å². The van der Waals surface area contributed by atoms with Crippen molar-refractivity contribution in [3.8, 4) is 0 Å². The number of halogens is 3. The highest BCUT2D eigenvalue weighted by molar-refractivity contribution is 5.20. The Labute approximate surface area is 119 Å². The molecule has 6 heteroatoms. The zero-order valence-corrected chi connectivity index (χ0v) is 11.2. The Bertz CT molecular complexity index is 650. The first-order valence-corrected chi connectivity index (χ1v) is 6.44. The monoisotopic (exact) mass is 296 g/mol. The van der Waals surface area contributed by atoms with Crippen LogP contribution in [0.15, 0.2) is 53.5 Å². The maximum atomic E-state index is 12.7. The van der Waals surface area contributed by atoms with Crippen LogP contribution in [0.2, 0.25) is 0 Å². The van der Waals surface area contributed by atoms with Crippen molar-refractivity contribution in [1.29, 1.82) is 0 Å². The molecule has 21 heavy (non-hydrogen) atoms. The summed E-state index contributed by atoms with van der Waals surface area (Å²) in [6.07, 6.45) is -3.63. The second-order valence-corrected chi connectivity index (χ2v) is 4.75. The molecule has 0 aliphatic heterocycles. The third kappa shape index (κ3) is 3.72. The summed E-state index contributed by atoms with van der Waals surface area (Å²) in [6.45, 7) is 0.357. The fourth-order valence-corrected chi connectivity index (χ4v) is 2.12. The number of benzene rings is 1. The zero-order valence-electron chi connectivity index (χ0n) is 11.2. The second kappa shape index (κ2) is 6.13. The number of nitrogens with zero attached hydrogens (tertiary/aromatic N) is 1. The van der Waals surface area contributed by atoms with Crippen LogP contribution in [0.3, 0.4) is 0 Å². The van der Waals surface area contributed by atoms with Gasteiger partial charge in [0.15, 0.2) is 0 Å². The molecular weight excluding hydrogens is 281 g/mol. The molecule has 0 aliphatic carbocycles. The summed E-state index contributed by atoms with van der Waals surface area (Å²) >= 11 is 0. The Morgan fingerprint density at radius 3 is 2.33 bits per heavy atom.